The first-order valence-corrected chi connectivity index (χ1v) is 13.7. The molecule has 2 aliphatic rings. The number of carbonyl (C=O) groups is 1. The van der Waals surface area contributed by atoms with Crippen molar-refractivity contribution in [3.63, 3.8) is 0 Å². The minimum Gasteiger partial charge on any atom is -0.444 e. The predicted octanol–water partition coefficient (Wildman–Crippen LogP) is 5.68. The highest BCUT2D eigenvalue weighted by atomic mass is 79.9. The molecule has 2 saturated heterocycles. The van der Waals surface area contributed by atoms with Crippen molar-refractivity contribution in [3.8, 4) is 0 Å². The van der Waals surface area contributed by atoms with Gasteiger partial charge in [-0.3, -0.25) is 0 Å². The summed E-state index contributed by atoms with van der Waals surface area (Å²) in [4.78, 5) is 20.7. The van der Waals surface area contributed by atoms with E-state index >= 15 is 0 Å². The van der Waals surface area contributed by atoms with Gasteiger partial charge in [-0.25, -0.2) is 9.78 Å². The Labute approximate surface area is 216 Å². The summed E-state index contributed by atoms with van der Waals surface area (Å²) in [6, 6.07) is 2.01. The summed E-state index contributed by atoms with van der Waals surface area (Å²) in [5, 5.41) is 3.45. The van der Waals surface area contributed by atoms with Gasteiger partial charge in [-0.2, -0.15) is 0 Å². The minimum atomic E-state index is -0.428. The van der Waals surface area contributed by atoms with Gasteiger partial charge in [0.05, 0.1) is 0 Å². The van der Waals surface area contributed by atoms with Crippen LogP contribution in [0.2, 0.25) is 0 Å². The number of nitrogen functional groups attached to an aromatic ring is 1. The third-order valence-electron chi connectivity index (χ3n) is 5.98. The molecule has 7 nitrogen and oxygen atoms in total. The predicted molar refractivity (Wildman–Crippen MR) is 146 cm³/mol. The summed E-state index contributed by atoms with van der Waals surface area (Å²) in [5.74, 6) is 0.579. The van der Waals surface area contributed by atoms with Gasteiger partial charge >= 0.3 is 6.09 Å². The van der Waals surface area contributed by atoms with E-state index < -0.39 is 5.60 Å². The van der Waals surface area contributed by atoms with Gasteiger partial charge < -0.3 is 25.6 Å². The van der Waals surface area contributed by atoms with Crippen LogP contribution in [0, 0.1) is 5.41 Å². The third kappa shape index (κ3) is 10.5. The van der Waals surface area contributed by atoms with Crippen LogP contribution in [0.25, 0.3) is 0 Å². The molecule has 3 heterocycles. The summed E-state index contributed by atoms with van der Waals surface area (Å²) in [7, 11) is 0. The average Bonchev–Trinajstić information content (AvgIpc) is 2.78. The fraction of sp³-hybridized carbons (Fsp3) is 0.769. The first-order chi connectivity index (χ1) is 16.1. The molecule has 0 aromatic carbocycles. The van der Waals surface area contributed by atoms with Crippen LogP contribution in [0.3, 0.4) is 0 Å². The topological polar surface area (TPSA) is 83.7 Å². The number of pyridine rings is 1. The number of unbranched alkanes of at least 4 members (excludes halogenated alkanes) is 1. The second-order valence-corrected chi connectivity index (χ2v) is 11.0. The van der Waals surface area contributed by atoms with Crippen LogP contribution in [-0.2, 0) is 11.3 Å². The molecule has 0 saturated carbocycles. The number of amides is 1. The van der Waals surface area contributed by atoms with Gasteiger partial charge in [0, 0.05) is 62.0 Å². The lowest BCUT2D eigenvalue weighted by Crippen LogP contribution is -2.61. The summed E-state index contributed by atoms with van der Waals surface area (Å²) in [5.41, 5.74) is 6.89. The Morgan fingerprint density at radius 2 is 1.79 bits per heavy atom. The molecule has 0 atom stereocenters. The summed E-state index contributed by atoms with van der Waals surface area (Å²) in [6.07, 6.45) is 6.31. The van der Waals surface area contributed by atoms with Gasteiger partial charge in [0.15, 0.2) is 0 Å². The van der Waals surface area contributed by atoms with Crippen molar-refractivity contribution in [2.24, 2.45) is 5.41 Å². The molecule has 0 aliphatic carbocycles. The van der Waals surface area contributed by atoms with Crippen molar-refractivity contribution in [1.82, 2.24) is 20.1 Å². The van der Waals surface area contributed by atoms with E-state index in [1.54, 1.807) is 6.20 Å². The molecule has 1 spiro atoms. The van der Waals surface area contributed by atoms with Crippen molar-refractivity contribution >= 4 is 27.8 Å². The largest absolute Gasteiger partial charge is 0.444 e. The SMILES string of the molecule is CC.CC(C)(C)OC(=O)N1CCC2(CC1)CN(CCNCc1cc(Br)cnc1N)C2.CCCC. The van der Waals surface area contributed by atoms with Crippen LogP contribution in [-0.4, -0.2) is 65.7 Å². The van der Waals surface area contributed by atoms with E-state index in [-0.39, 0.29) is 6.09 Å². The van der Waals surface area contributed by atoms with Crippen LogP contribution >= 0.6 is 15.9 Å². The molecule has 8 heteroatoms. The number of rotatable bonds is 6. The maximum Gasteiger partial charge on any atom is 0.410 e. The number of likely N-dealkylation sites (tertiary alicyclic amines) is 2. The van der Waals surface area contributed by atoms with E-state index in [2.05, 4.69) is 45.0 Å². The lowest BCUT2D eigenvalue weighted by Gasteiger charge is -2.54. The number of carbonyl (C=O) groups excluding carboxylic acids is 1. The zero-order valence-corrected chi connectivity index (χ0v) is 24.1. The Kier molecular flexibility index (Phi) is 13.4. The van der Waals surface area contributed by atoms with Crippen molar-refractivity contribution in [2.45, 2.75) is 86.3 Å². The van der Waals surface area contributed by atoms with Gasteiger partial charge in [0.25, 0.3) is 0 Å². The molecule has 1 aromatic heterocycles. The molecule has 3 rings (SSSR count). The zero-order valence-electron chi connectivity index (χ0n) is 22.5. The summed E-state index contributed by atoms with van der Waals surface area (Å²) < 4.78 is 6.43. The summed E-state index contributed by atoms with van der Waals surface area (Å²) in [6.45, 7) is 20.6. The number of ether oxygens (including phenoxy) is 1. The second kappa shape index (κ2) is 14.9. The van der Waals surface area contributed by atoms with E-state index in [1.165, 1.54) is 12.8 Å². The van der Waals surface area contributed by atoms with Gasteiger partial charge in [-0.1, -0.05) is 40.5 Å². The Balaban J connectivity index is 0.000000872. The smallest absolute Gasteiger partial charge is 0.410 e. The Hall–Kier alpha value is -1.38. The maximum absolute atomic E-state index is 12.2. The van der Waals surface area contributed by atoms with E-state index in [9.17, 15) is 4.79 Å². The molecular formula is C26H48BrN5O2. The van der Waals surface area contributed by atoms with E-state index in [4.69, 9.17) is 10.5 Å². The highest BCUT2D eigenvalue weighted by molar-refractivity contribution is 9.10. The first-order valence-electron chi connectivity index (χ1n) is 12.9. The number of aromatic nitrogens is 1. The Bertz CT molecular complexity index is 720. The van der Waals surface area contributed by atoms with Gasteiger partial charge in [-0.15, -0.1) is 0 Å². The zero-order chi connectivity index (χ0) is 25.8. The number of piperidine rings is 1. The van der Waals surface area contributed by atoms with Gasteiger partial charge in [-0.05, 0) is 61.0 Å². The number of nitrogens with one attached hydrogen (secondary N) is 1. The van der Waals surface area contributed by atoms with Crippen LogP contribution < -0.4 is 11.1 Å². The second-order valence-electron chi connectivity index (χ2n) is 10.1. The van der Waals surface area contributed by atoms with Crippen LogP contribution in [0.1, 0.15) is 79.7 Å². The van der Waals surface area contributed by atoms with E-state index in [1.807, 2.05) is 45.6 Å². The fourth-order valence-corrected chi connectivity index (χ4v) is 4.34. The Morgan fingerprint density at radius 1 is 1.21 bits per heavy atom. The monoisotopic (exact) mass is 541 g/mol. The quantitative estimate of drug-likeness (QED) is 0.450. The normalized spacial score (nSPS) is 17.1. The highest BCUT2D eigenvalue weighted by Gasteiger charge is 2.45. The molecular weight excluding hydrogens is 494 g/mol. The maximum atomic E-state index is 12.2. The molecule has 196 valence electrons. The highest BCUT2D eigenvalue weighted by Crippen LogP contribution is 2.40. The van der Waals surface area contributed by atoms with Crippen molar-refractivity contribution < 1.29 is 9.53 Å². The van der Waals surface area contributed by atoms with Crippen molar-refractivity contribution in [1.29, 1.82) is 0 Å². The van der Waals surface area contributed by atoms with Crippen molar-refractivity contribution in [3.05, 3.63) is 22.3 Å². The van der Waals surface area contributed by atoms with Crippen molar-refractivity contribution in [2.75, 3.05) is 45.0 Å². The van der Waals surface area contributed by atoms with Gasteiger partial charge in [0.2, 0.25) is 0 Å². The van der Waals surface area contributed by atoms with E-state index in [0.29, 0.717) is 11.2 Å². The molecule has 1 amide bonds. The number of hydrogen-bond donors (Lipinski definition) is 2. The number of anilines is 1. The lowest BCUT2D eigenvalue weighted by atomic mass is 9.72. The number of halogens is 1. The molecule has 34 heavy (non-hydrogen) atoms. The molecule has 0 unspecified atom stereocenters. The first kappa shape index (κ1) is 30.7. The van der Waals surface area contributed by atoms with Crippen LogP contribution in [0.5, 0.6) is 0 Å². The minimum absolute atomic E-state index is 0.177. The molecule has 0 radical (unpaired) electrons. The molecule has 0 bridgehead atoms. The van der Waals surface area contributed by atoms with E-state index in [0.717, 1.165) is 68.7 Å². The van der Waals surface area contributed by atoms with Crippen LogP contribution in [0.4, 0.5) is 10.6 Å². The number of nitrogens with two attached hydrogens (primary N) is 1. The molecule has 2 aliphatic heterocycles. The van der Waals surface area contributed by atoms with Gasteiger partial charge in [0.1, 0.15) is 11.4 Å². The summed E-state index contributed by atoms with van der Waals surface area (Å²) >= 11 is 3.43. The lowest BCUT2D eigenvalue weighted by molar-refractivity contribution is -0.0503. The third-order valence-corrected chi connectivity index (χ3v) is 6.42. The number of nitrogens with zero attached hydrogens (tertiary/aromatic N) is 3. The number of hydrogen-bond acceptors (Lipinski definition) is 6. The fourth-order valence-electron chi connectivity index (χ4n) is 3.96. The molecule has 1 aromatic rings. The van der Waals surface area contributed by atoms with Crippen LogP contribution in [0.15, 0.2) is 16.7 Å². The molecule has 3 N–H and O–H groups in total. The Morgan fingerprint density at radius 3 is 2.32 bits per heavy atom. The standard InChI is InChI=1S/C20H32BrN5O2.C4H10.C2H6/c1-19(2,3)28-18(27)26-7-4-20(5-8-26)13-25(14-20)9-6-23-11-15-10-16(21)12-24-17(15)22;1-3-4-2;1-2/h10,12,23H,4-9,11,13-14H2,1-3H3,(H2,22,24);3-4H2,1-2H3;1-2H3. The molecule has 2 fully saturated rings. The average molecular weight is 543 g/mol.